The van der Waals surface area contributed by atoms with Crippen LogP contribution in [0.4, 0.5) is 4.39 Å². The average Bonchev–Trinajstić information content (AvgIpc) is 3.78. The highest BCUT2D eigenvalue weighted by Crippen LogP contribution is 2.45. The number of nitrogens with zero attached hydrogens (tertiary/aromatic N) is 1. The number of hydrogen-bond acceptors (Lipinski definition) is 5. The number of carbonyl (C=O) groups is 1. The summed E-state index contributed by atoms with van der Waals surface area (Å²) in [5.74, 6) is -1.10. The van der Waals surface area contributed by atoms with Gasteiger partial charge in [-0.1, -0.05) is 72.8 Å². The first kappa shape index (κ1) is 29.1. The number of benzene rings is 3. The van der Waals surface area contributed by atoms with Crippen LogP contribution in [0.1, 0.15) is 61.4 Å². The largest absolute Gasteiger partial charge is 0.481 e. The molecular weight excluding hydrogens is 507 g/mol. The van der Waals surface area contributed by atoms with Crippen molar-refractivity contribution in [2.45, 2.75) is 56.8 Å². The maximum absolute atomic E-state index is 13.6. The molecule has 0 amide bonds. The molecule has 0 bridgehead atoms. The smallest absolute Gasteiger partial charge is 0.305 e. The molecule has 1 fully saturated rings. The summed E-state index contributed by atoms with van der Waals surface area (Å²) in [5, 5.41) is 29.9. The van der Waals surface area contributed by atoms with Crippen LogP contribution in [-0.2, 0) is 4.79 Å². The molecule has 208 valence electrons. The van der Waals surface area contributed by atoms with Crippen LogP contribution in [-0.4, -0.2) is 38.5 Å². The zero-order valence-electron chi connectivity index (χ0n) is 22.5. The van der Waals surface area contributed by atoms with Crippen LogP contribution >= 0.6 is 0 Å². The molecule has 1 heterocycles. The van der Waals surface area contributed by atoms with E-state index in [0.29, 0.717) is 5.92 Å². The number of para-hydroxylation sites is 1. The summed E-state index contributed by atoms with van der Waals surface area (Å²) in [5.41, 5.74) is 11.2. The summed E-state index contributed by atoms with van der Waals surface area (Å²) in [6.07, 6.45) is 2.80. The molecule has 7 heteroatoms. The molecule has 5 N–H and O–H groups in total. The Morgan fingerprint density at radius 3 is 2.27 bits per heavy atom. The molecule has 1 aliphatic rings. The molecule has 0 aliphatic heterocycles. The highest BCUT2D eigenvalue weighted by molar-refractivity contribution is 5.99. The Morgan fingerprint density at radius 2 is 1.68 bits per heavy atom. The highest BCUT2D eigenvalue weighted by atomic mass is 19.1. The number of aliphatic hydroxyl groups excluding tert-OH is 2. The van der Waals surface area contributed by atoms with Gasteiger partial charge >= 0.3 is 5.97 Å². The fourth-order valence-electron chi connectivity index (χ4n) is 4.62. The van der Waals surface area contributed by atoms with Crippen LogP contribution in [0.5, 0.6) is 0 Å². The molecule has 3 aromatic carbocycles. The Labute approximate surface area is 233 Å². The van der Waals surface area contributed by atoms with E-state index in [9.17, 15) is 19.4 Å². The van der Waals surface area contributed by atoms with Gasteiger partial charge in [-0.3, -0.25) is 9.78 Å². The molecule has 5 rings (SSSR count). The molecular formula is C33H35FN2O4. The van der Waals surface area contributed by atoms with Crippen LogP contribution in [0.15, 0.2) is 84.9 Å². The van der Waals surface area contributed by atoms with Gasteiger partial charge in [0.2, 0.25) is 0 Å². The van der Waals surface area contributed by atoms with Crippen molar-refractivity contribution in [3.05, 3.63) is 108 Å². The number of aliphatic hydroxyl groups is 2. The predicted molar refractivity (Wildman–Crippen MR) is 156 cm³/mol. The standard InChI is InChI=1S/C25H24FNO4.C8H11N/c26-17-9-7-15(8-10-17)24-20-3-1-2-4-22(20)27-25(16-5-6-16)21(24)12-11-18(28)13-19(29)14-23(30)31;1-7(9)8-5-3-2-4-6-8/h1-4,7-12,16,18-19,28-29H,5-6,13-14H2,(H,30,31);2-7H,9H2,1H3/b12-11+;/t18?,19-;/m1./s1. The van der Waals surface area contributed by atoms with E-state index < -0.39 is 24.6 Å². The van der Waals surface area contributed by atoms with Gasteiger partial charge in [-0.05, 0) is 49.1 Å². The number of halogens is 1. The van der Waals surface area contributed by atoms with E-state index in [1.807, 2.05) is 61.5 Å². The van der Waals surface area contributed by atoms with Crippen LogP contribution in [0.2, 0.25) is 0 Å². The number of rotatable bonds is 9. The third-order valence-electron chi connectivity index (χ3n) is 6.79. The van der Waals surface area contributed by atoms with Crippen molar-refractivity contribution in [3.8, 4) is 11.1 Å². The number of fused-ring (bicyclic) bond motifs is 1. The number of carboxylic acids is 1. The molecule has 40 heavy (non-hydrogen) atoms. The minimum absolute atomic E-state index is 0.0749. The van der Waals surface area contributed by atoms with E-state index >= 15 is 0 Å². The van der Waals surface area contributed by atoms with Gasteiger partial charge in [-0.15, -0.1) is 0 Å². The van der Waals surface area contributed by atoms with Crippen molar-refractivity contribution < 1.29 is 24.5 Å². The fourth-order valence-corrected chi connectivity index (χ4v) is 4.62. The first-order valence-corrected chi connectivity index (χ1v) is 13.5. The van der Waals surface area contributed by atoms with Gasteiger partial charge in [0.1, 0.15) is 5.82 Å². The van der Waals surface area contributed by atoms with Gasteiger partial charge in [0.15, 0.2) is 0 Å². The normalized spacial score (nSPS) is 15.3. The van der Waals surface area contributed by atoms with E-state index in [1.165, 1.54) is 17.7 Å². The van der Waals surface area contributed by atoms with Crippen molar-refractivity contribution in [1.29, 1.82) is 0 Å². The lowest BCUT2D eigenvalue weighted by molar-refractivity contribution is -0.139. The number of aliphatic carboxylic acids is 1. The second-order valence-corrected chi connectivity index (χ2v) is 10.2. The Bertz CT molecular complexity index is 1450. The number of carboxylic acid groups (broad SMARTS) is 1. The Hall–Kier alpha value is -3.91. The summed E-state index contributed by atoms with van der Waals surface area (Å²) in [6, 6.07) is 24.3. The number of pyridine rings is 1. The second kappa shape index (κ2) is 13.4. The second-order valence-electron chi connectivity index (χ2n) is 10.2. The monoisotopic (exact) mass is 542 g/mol. The lowest BCUT2D eigenvalue weighted by Gasteiger charge is -2.16. The minimum atomic E-state index is -1.13. The molecule has 0 radical (unpaired) electrons. The first-order chi connectivity index (χ1) is 19.2. The number of nitrogens with two attached hydrogens (primary N) is 1. The van der Waals surface area contributed by atoms with Crippen molar-refractivity contribution in [2.24, 2.45) is 5.73 Å². The third-order valence-corrected chi connectivity index (χ3v) is 6.79. The summed E-state index contributed by atoms with van der Waals surface area (Å²) < 4.78 is 13.6. The highest BCUT2D eigenvalue weighted by Gasteiger charge is 2.29. The van der Waals surface area contributed by atoms with Crippen LogP contribution in [0.3, 0.4) is 0 Å². The van der Waals surface area contributed by atoms with Gasteiger partial charge in [0.05, 0.1) is 29.8 Å². The summed E-state index contributed by atoms with van der Waals surface area (Å²) >= 11 is 0. The van der Waals surface area contributed by atoms with E-state index in [2.05, 4.69) is 0 Å². The number of aromatic nitrogens is 1. The lowest BCUT2D eigenvalue weighted by Crippen LogP contribution is -2.19. The van der Waals surface area contributed by atoms with E-state index in [0.717, 1.165) is 46.1 Å². The number of hydrogen-bond donors (Lipinski definition) is 4. The predicted octanol–water partition coefficient (Wildman–Crippen LogP) is 6.22. The zero-order valence-corrected chi connectivity index (χ0v) is 22.5. The van der Waals surface area contributed by atoms with Crippen LogP contribution in [0, 0.1) is 5.82 Å². The molecule has 0 spiro atoms. The maximum atomic E-state index is 13.6. The Balaban J connectivity index is 0.000000350. The van der Waals surface area contributed by atoms with E-state index in [-0.39, 0.29) is 18.3 Å². The average molecular weight is 543 g/mol. The quantitative estimate of drug-likeness (QED) is 0.199. The molecule has 1 aliphatic carbocycles. The van der Waals surface area contributed by atoms with Gasteiger partial charge in [0, 0.05) is 34.9 Å². The SMILES string of the molecule is CC(N)c1ccccc1.O=C(O)C[C@H](O)CC(O)/C=C/c1c(C2CC2)nc2ccccc2c1-c1ccc(F)cc1. The van der Waals surface area contributed by atoms with Crippen molar-refractivity contribution in [3.63, 3.8) is 0 Å². The first-order valence-electron chi connectivity index (χ1n) is 13.5. The molecule has 0 saturated heterocycles. The summed E-state index contributed by atoms with van der Waals surface area (Å²) in [6.45, 7) is 1.98. The fraction of sp³-hybridized carbons (Fsp3) is 0.273. The van der Waals surface area contributed by atoms with Gasteiger partial charge in [-0.25, -0.2) is 4.39 Å². The van der Waals surface area contributed by atoms with Crippen molar-refractivity contribution in [1.82, 2.24) is 4.98 Å². The van der Waals surface area contributed by atoms with Crippen LogP contribution < -0.4 is 5.73 Å². The van der Waals surface area contributed by atoms with Crippen molar-refractivity contribution >= 4 is 22.9 Å². The maximum Gasteiger partial charge on any atom is 0.305 e. The van der Waals surface area contributed by atoms with Crippen molar-refractivity contribution in [2.75, 3.05) is 0 Å². The van der Waals surface area contributed by atoms with E-state index in [1.54, 1.807) is 24.3 Å². The molecule has 4 aromatic rings. The summed E-state index contributed by atoms with van der Waals surface area (Å²) in [7, 11) is 0. The Kier molecular flexibility index (Phi) is 9.77. The Morgan fingerprint density at radius 1 is 1.02 bits per heavy atom. The molecule has 3 atom stereocenters. The van der Waals surface area contributed by atoms with Crippen LogP contribution in [0.25, 0.3) is 28.1 Å². The third kappa shape index (κ3) is 7.82. The molecule has 6 nitrogen and oxygen atoms in total. The van der Waals surface area contributed by atoms with Gasteiger partial charge in [0.25, 0.3) is 0 Å². The van der Waals surface area contributed by atoms with Gasteiger partial charge < -0.3 is 21.1 Å². The summed E-state index contributed by atoms with van der Waals surface area (Å²) in [4.78, 5) is 15.6. The zero-order chi connectivity index (χ0) is 28.6. The lowest BCUT2D eigenvalue weighted by atomic mass is 9.92. The molecule has 2 unspecified atom stereocenters. The van der Waals surface area contributed by atoms with Gasteiger partial charge in [-0.2, -0.15) is 0 Å². The topological polar surface area (TPSA) is 117 Å². The van der Waals surface area contributed by atoms with E-state index in [4.69, 9.17) is 15.8 Å². The minimum Gasteiger partial charge on any atom is -0.481 e. The molecule has 1 saturated carbocycles. The molecule has 1 aromatic heterocycles.